The van der Waals surface area contributed by atoms with Crippen molar-refractivity contribution in [3.8, 4) is 0 Å². The highest BCUT2D eigenvalue weighted by Gasteiger charge is 2.18. The van der Waals surface area contributed by atoms with E-state index in [1.807, 2.05) is 12.1 Å². The predicted molar refractivity (Wildman–Crippen MR) is 78.6 cm³/mol. The van der Waals surface area contributed by atoms with E-state index in [9.17, 15) is 0 Å². The van der Waals surface area contributed by atoms with Crippen LogP contribution in [0.2, 0.25) is 10.0 Å². The molecular weight excluding hydrogens is 281 g/mol. The lowest BCUT2D eigenvalue weighted by Crippen LogP contribution is -2.23. The summed E-state index contributed by atoms with van der Waals surface area (Å²) in [6.45, 7) is 2.99. The van der Waals surface area contributed by atoms with Gasteiger partial charge >= 0.3 is 0 Å². The van der Waals surface area contributed by atoms with E-state index in [-0.39, 0.29) is 6.04 Å². The minimum Gasteiger partial charge on any atom is -0.306 e. The van der Waals surface area contributed by atoms with Crippen LogP contribution in [0, 0.1) is 0 Å². The molecule has 0 saturated carbocycles. The Bertz CT molecular complexity index is 531. The second-order valence-electron chi connectivity index (χ2n) is 4.20. The van der Waals surface area contributed by atoms with Crippen LogP contribution in [0.25, 0.3) is 0 Å². The minimum absolute atomic E-state index is 0.0488. The molecule has 2 rings (SSSR count). The highest BCUT2D eigenvalue weighted by atomic mass is 35.5. The first-order valence-corrected chi connectivity index (χ1v) is 6.91. The number of halogens is 2. The molecule has 0 aliphatic heterocycles. The van der Waals surface area contributed by atoms with E-state index in [1.54, 1.807) is 18.5 Å². The van der Waals surface area contributed by atoms with E-state index in [2.05, 4.69) is 22.2 Å². The van der Waals surface area contributed by atoms with Crippen molar-refractivity contribution in [1.29, 1.82) is 0 Å². The summed E-state index contributed by atoms with van der Waals surface area (Å²) in [5.41, 5.74) is 1.91. The number of nitrogens with zero attached hydrogens (tertiary/aromatic N) is 2. The van der Waals surface area contributed by atoms with Gasteiger partial charge in [-0.05, 0) is 24.6 Å². The van der Waals surface area contributed by atoms with E-state index < -0.39 is 0 Å². The van der Waals surface area contributed by atoms with Gasteiger partial charge in [0, 0.05) is 18.0 Å². The van der Waals surface area contributed by atoms with Crippen molar-refractivity contribution >= 4 is 23.2 Å². The third kappa shape index (κ3) is 3.44. The Morgan fingerprint density at radius 1 is 1.21 bits per heavy atom. The molecule has 100 valence electrons. The third-order valence-corrected chi connectivity index (χ3v) is 3.64. The Morgan fingerprint density at radius 3 is 2.63 bits per heavy atom. The molecular formula is C14H15Cl2N3. The molecule has 1 aromatic heterocycles. The van der Waals surface area contributed by atoms with Gasteiger partial charge in [-0.25, -0.2) is 9.97 Å². The maximum absolute atomic E-state index is 6.30. The normalized spacial score (nSPS) is 12.4. The quantitative estimate of drug-likeness (QED) is 0.910. The number of benzene rings is 1. The van der Waals surface area contributed by atoms with Crippen LogP contribution in [0.5, 0.6) is 0 Å². The van der Waals surface area contributed by atoms with E-state index in [1.165, 1.54) is 6.33 Å². The zero-order chi connectivity index (χ0) is 13.7. The van der Waals surface area contributed by atoms with Crippen molar-refractivity contribution < 1.29 is 0 Å². The molecule has 0 aliphatic rings. The number of rotatable bonds is 5. The monoisotopic (exact) mass is 295 g/mol. The fourth-order valence-corrected chi connectivity index (χ4v) is 2.32. The zero-order valence-electron chi connectivity index (χ0n) is 10.6. The average molecular weight is 296 g/mol. The van der Waals surface area contributed by atoms with Gasteiger partial charge in [-0.1, -0.05) is 42.3 Å². The van der Waals surface area contributed by atoms with Crippen molar-refractivity contribution in [2.45, 2.75) is 19.4 Å². The maximum atomic E-state index is 6.30. The predicted octanol–water partition coefficient (Wildman–Crippen LogP) is 3.87. The van der Waals surface area contributed by atoms with Gasteiger partial charge in [0.05, 0.1) is 16.1 Å². The van der Waals surface area contributed by atoms with Gasteiger partial charge in [-0.3, -0.25) is 0 Å². The SMILES string of the molecule is CCCNC(c1cncnc1)c1cccc(Cl)c1Cl. The Morgan fingerprint density at radius 2 is 1.95 bits per heavy atom. The van der Waals surface area contributed by atoms with E-state index >= 15 is 0 Å². The Hall–Kier alpha value is -1.16. The first kappa shape index (κ1) is 14.3. The summed E-state index contributed by atoms with van der Waals surface area (Å²) >= 11 is 12.4. The van der Waals surface area contributed by atoms with Crippen molar-refractivity contribution in [2.24, 2.45) is 0 Å². The fourth-order valence-electron chi connectivity index (χ4n) is 1.90. The van der Waals surface area contributed by atoms with Crippen LogP contribution in [0.15, 0.2) is 36.9 Å². The van der Waals surface area contributed by atoms with Crippen LogP contribution < -0.4 is 5.32 Å². The molecule has 0 saturated heterocycles. The van der Waals surface area contributed by atoms with E-state index in [0.29, 0.717) is 10.0 Å². The molecule has 0 amide bonds. The van der Waals surface area contributed by atoms with Crippen LogP contribution in [0.1, 0.15) is 30.5 Å². The number of aromatic nitrogens is 2. The molecule has 0 aliphatic carbocycles. The lowest BCUT2D eigenvalue weighted by molar-refractivity contribution is 0.595. The molecule has 1 atom stereocenters. The van der Waals surface area contributed by atoms with Crippen LogP contribution in [-0.4, -0.2) is 16.5 Å². The highest BCUT2D eigenvalue weighted by Crippen LogP contribution is 2.32. The molecule has 2 aromatic rings. The third-order valence-electron chi connectivity index (χ3n) is 2.80. The van der Waals surface area contributed by atoms with Gasteiger partial charge in [-0.2, -0.15) is 0 Å². The largest absolute Gasteiger partial charge is 0.306 e. The molecule has 0 bridgehead atoms. The summed E-state index contributed by atoms with van der Waals surface area (Å²) in [6.07, 6.45) is 6.12. The number of nitrogens with one attached hydrogen (secondary N) is 1. The summed E-state index contributed by atoms with van der Waals surface area (Å²) in [6, 6.07) is 5.60. The lowest BCUT2D eigenvalue weighted by Gasteiger charge is -2.20. The Labute approximate surface area is 123 Å². The Kier molecular flexibility index (Phi) is 5.14. The van der Waals surface area contributed by atoms with Crippen molar-refractivity contribution in [2.75, 3.05) is 6.54 Å². The molecule has 19 heavy (non-hydrogen) atoms. The van der Waals surface area contributed by atoms with Gasteiger partial charge < -0.3 is 5.32 Å². The van der Waals surface area contributed by atoms with Crippen molar-refractivity contribution in [1.82, 2.24) is 15.3 Å². The highest BCUT2D eigenvalue weighted by molar-refractivity contribution is 6.42. The first-order valence-electron chi connectivity index (χ1n) is 6.16. The van der Waals surface area contributed by atoms with Gasteiger partial charge in [0.2, 0.25) is 0 Å². The van der Waals surface area contributed by atoms with Gasteiger partial charge in [0.15, 0.2) is 0 Å². The summed E-state index contributed by atoms with van der Waals surface area (Å²) < 4.78 is 0. The molecule has 0 radical (unpaired) electrons. The Balaban J connectivity index is 2.40. The molecule has 1 aromatic carbocycles. The molecule has 1 unspecified atom stereocenters. The van der Waals surface area contributed by atoms with Crippen LogP contribution >= 0.6 is 23.2 Å². The zero-order valence-corrected chi connectivity index (χ0v) is 12.1. The molecule has 3 nitrogen and oxygen atoms in total. The minimum atomic E-state index is -0.0488. The number of hydrogen-bond acceptors (Lipinski definition) is 3. The van der Waals surface area contributed by atoms with Gasteiger partial charge in [0.1, 0.15) is 6.33 Å². The maximum Gasteiger partial charge on any atom is 0.115 e. The standard InChI is InChI=1S/C14H15Cl2N3/c1-2-6-19-14(10-7-17-9-18-8-10)11-4-3-5-12(15)13(11)16/h3-5,7-9,14,19H,2,6H2,1H3. The van der Waals surface area contributed by atoms with Gasteiger partial charge in [-0.15, -0.1) is 0 Å². The first-order chi connectivity index (χ1) is 9.24. The summed E-state index contributed by atoms with van der Waals surface area (Å²) in [7, 11) is 0. The van der Waals surface area contributed by atoms with E-state index in [0.717, 1.165) is 24.1 Å². The second-order valence-corrected chi connectivity index (χ2v) is 4.99. The second kappa shape index (κ2) is 6.85. The fraction of sp³-hybridized carbons (Fsp3) is 0.286. The van der Waals surface area contributed by atoms with Crippen LogP contribution in [-0.2, 0) is 0 Å². The smallest absolute Gasteiger partial charge is 0.115 e. The molecule has 5 heteroatoms. The summed E-state index contributed by atoms with van der Waals surface area (Å²) in [5, 5.41) is 4.57. The van der Waals surface area contributed by atoms with Crippen LogP contribution in [0.4, 0.5) is 0 Å². The average Bonchev–Trinajstić information content (AvgIpc) is 2.45. The molecule has 1 heterocycles. The van der Waals surface area contributed by atoms with E-state index in [4.69, 9.17) is 23.2 Å². The van der Waals surface area contributed by atoms with Crippen molar-refractivity contribution in [3.05, 3.63) is 58.1 Å². The van der Waals surface area contributed by atoms with Gasteiger partial charge in [0.25, 0.3) is 0 Å². The molecule has 0 spiro atoms. The lowest BCUT2D eigenvalue weighted by atomic mass is 10.0. The summed E-state index contributed by atoms with van der Waals surface area (Å²) in [5.74, 6) is 0. The molecule has 1 N–H and O–H groups in total. The summed E-state index contributed by atoms with van der Waals surface area (Å²) in [4.78, 5) is 8.13. The van der Waals surface area contributed by atoms with Crippen molar-refractivity contribution in [3.63, 3.8) is 0 Å². The topological polar surface area (TPSA) is 37.8 Å². The van der Waals surface area contributed by atoms with Crippen LogP contribution in [0.3, 0.4) is 0 Å². The number of hydrogen-bond donors (Lipinski definition) is 1. The molecule has 0 fully saturated rings.